The molecule has 1 saturated heterocycles. The number of para-hydroxylation sites is 1. The monoisotopic (exact) mass is 796 g/mol. The highest BCUT2D eigenvalue weighted by molar-refractivity contribution is 5.93. The van der Waals surface area contributed by atoms with Crippen LogP contribution in [0, 0.1) is 11.8 Å². The number of nitrogens with zero attached hydrogens (tertiary/aromatic N) is 2. The van der Waals surface area contributed by atoms with Crippen LogP contribution in [0.1, 0.15) is 62.3 Å². The normalized spacial score (nSPS) is 16.6. The predicted molar refractivity (Wildman–Crippen MR) is 218 cm³/mol. The first kappa shape index (κ1) is 43.3. The molecule has 2 aromatic heterocycles. The highest BCUT2D eigenvalue weighted by Gasteiger charge is 2.37. The summed E-state index contributed by atoms with van der Waals surface area (Å²) in [5.74, 6) is -3.70. The van der Waals surface area contributed by atoms with Gasteiger partial charge in [-0.2, -0.15) is 0 Å². The molecule has 11 N–H and O–H groups in total. The Morgan fingerprint density at radius 3 is 2.40 bits per heavy atom. The van der Waals surface area contributed by atoms with Crippen molar-refractivity contribution in [1.82, 2.24) is 35.8 Å². The Labute approximate surface area is 337 Å². The first-order valence-corrected chi connectivity index (χ1v) is 19.9. The molecule has 0 spiro atoms. The lowest BCUT2D eigenvalue weighted by atomic mass is 9.89. The molecule has 5 amide bonds. The van der Waals surface area contributed by atoms with E-state index in [-0.39, 0.29) is 62.8 Å². The van der Waals surface area contributed by atoms with Crippen LogP contribution in [0.5, 0.6) is 0 Å². The van der Waals surface area contributed by atoms with Gasteiger partial charge in [-0.1, -0.05) is 55.0 Å². The second-order valence-electron chi connectivity index (χ2n) is 15.2. The van der Waals surface area contributed by atoms with Crippen LogP contribution in [0.25, 0.3) is 10.9 Å². The molecule has 310 valence electrons. The summed E-state index contributed by atoms with van der Waals surface area (Å²) in [7, 11) is 0. The number of benzene rings is 2. The van der Waals surface area contributed by atoms with Crippen molar-refractivity contribution in [3.63, 3.8) is 0 Å². The lowest BCUT2D eigenvalue weighted by Gasteiger charge is -2.26. The number of nitrogens with one attached hydrogen (secondary N) is 5. The fraction of sp³-hybridized carbons (Fsp3) is 0.452. The molecule has 0 aliphatic carbocycles. The number of Topliss-reactive ketones (excluding diaryl/α,β-unsaturated/α-hetero) is 1. The molecule has 0 saturated carbocycles. The Balaban J connectivity index is 1.24. The molecule has 1 aliphatic heterocycles. The van der Waals surface area contributed by atoms with E-state index < -0.39 is 53.7 Å². The summed E-state index contributed by atoms with van der Waals surface area (Å²) in [4.78, 5) is 91.2. The number of unbranched alkanes of at least 4 members (excludes halogenated alkanes) is 1. The van der Waals surface area contributed by atoms with Crippen LogP contribution in [0.4, 0.5) is 0 Å². The summed E-state index contributed by atoms with van der Waals surface area (Å²) in [5, 5.41) is 9.68. The molecule has 6 atom stereocenters. The van der Waals surface area contributed by atoms with Gasteiger partial charge < -0.3 is 48.0 Å². The lowest BCUT2D eigenvalue weighted by molar-refractivity contribution is -0.136. The lowest BCUT2D eigenvalue weighted by Crippen LogP contribution is -2.50. The molecule has 1 fully saturated rings. The number of likely N-dealkylation sites (tertiary alicyclic amines) is 1. The molecule has 16 nitrogen and oxygen atoms in total. The van der Waals surface area contributed by atoms with Gasteiger partial charge in [0, 0.05) is 73.2 Å². The van der Waals surface area contributed by atoms with Crippen molar-refractivity contribution >= 4 is 46.2 Å². The van der Waals surface area contributed by atoms with Crippen LogP contribution in [0.2, 0.25) is 0 Å². The van der Waals surface area contributed by atoms with Gasteiger partial charge in [0.1, 0.15) is 6.04 Å². The highest BCUT2D eigenvalue weighted by Crippen LogP contribution is 2.23. The van der Waals surface area contributed by atoms with E-state index in [0.717, 1.165) is 22.0 Å². The quantitative estimate of drug-likeness (QED) is 0.0500. The maximum Gasteiger partial charge on any atom is 0.242 e. The zero-order chi connectivity index (χ0) is 41.6. The van der Waals surface area contributed by atoms with E-state index in [1.165, 1.54) is 11.2 Å². The van der Waals surface area contributed by atoms with Gasteiger partial charge in [0.25, 0.3) is 0 Å². The first-order chi connectivity index (χ1) is 27.9. The second-order valence-corrected chi connectivity index (χ2v) is 15.2. The van der Waals surface area contributed by atoms with Gasteiger partial charge in [0.2, 0.25) is 29.5 Å². The predicted octanol–water partition coefficient (Wildman–Crippen LogP) is 1.15. The van der Waals surface area contributed by atoms with E-state index in [2.05, 4.69) is 30.9 Å². The van der Waals surface area contributed by atoms with E-state index in [1.54, 1.807) is 13.1 Å². The Bertz CT molecular complexity index is 2000. The number of imidazole rings is 1. The number of H-pyrrole nitrogens is 2. The molecular formula is C42H56N10O6. The van der Waals surface area contributed by atoms with Crippen molar-refractivity contribution in [2.75, 3.05) is 19.6 Å². The summed E-state index contributed by atoms with van der Waals surface area (Å²) in [6, 6.07) is 13.9. The zero-order valence-corrected chi connectivity index (χ0v) is 33.0. The molecule has 2 aromatic carbocycles. The summed E-state index contributed by atoms with van der Waals surface area (Å²) in [6.45, 7) is 2.33. The minimum atomic E-state index is -0.930. The van der Waals surface area contributed by atoms with Crippen molar-refractivity contribution in [3.8, 4) is 0 Å². The van der Waals surface area contributed by atoms with Gasteiger partial charge in [-0.15, -0.1) is 0 Å². The van der Waals surface area contributed by atoms with Gasteiger partial charge >= 0.3 is 0 Å². The number of hydrogen-bond acceptors (Lipinski definition) is 9. The van der Waals surface area contributed by atoms with E-state index in [0.29, 0.717) is 37.9 Å². The van der Waals surface area contributed by atoms with Crippen LogP contribution >= 0.6 is 0 Å². The molecule has 0 unspecified atom stereocenters. The summed E-state index contributed by atoms with van der Waals surface area (Å²) in [6.07, 6.45) is 7.63. The number of aromatic amines is 2. The highest BCUT2D eigenvalue weighted by atomic mass is 16.2. The third kappa shape index (κ3) is 12.1. The molecule has 3 heterocycles. The number of aromatic nitrogens is 3. The Morgan fingerprint density at radius 1 is 0.914 bits per heavy atom. The number of fused-ring (bicyclic) bond motifs is 1. The van der Waals surface area contributed by atoms with Crippen LogP contribution in [0.3, 0.4) is 0 Å². The summed E-state index contributed by atoms with van der Waals surface area (Å²) < 4.78 is 0. The van der Waals surface area contributed by atoms with Crippen molar-refractivity contribution in [1.29, 1.82) is 0 Å². The minimum Gasteiger partial charge on any atom is -0.369 e. The standard InChI is InChI=1S/C42H56N10O6/c1-26(52-24-32(21-38(52)54)50-42(58)34(44)20-31-23-46-25-49-31)40(56)47-16-14-29(18-30-22-48-35-13-6-5-12-33(30)35)41(57)51-36(17-27-9-3-2-4-10-27)37(53)19-28(39(45)55)11-7-8-15-43/h2-6,9-10,12-13,22-23,25-26,28-29,32,34,36,48H,7-8,11,14-21,24,43-44H2,1H3,(H2,45,55)(H,46,49)(H,47,56)(H,50,58)(H,51,57)/t26-,28+,29-,32-,34-,36+/m0/s1. The second kappa shape index (κ2) is 21.0. The molecule has 16 heteroatoms. The Kier molecular flexibility index (Phi) is 15.7. The van der Waals surface area contributed by atoms with E-state index in [9.17, 15) is 28.8 Å². The maximum absolute atomic E-state index is 14.3. The number of ketones is 1. The molecule has 0 radical (unpaired) electrons. The van der Waals surface area contributed by atoms with E-state index in [4.69, 9.17) is 17.2 Å². The molecule has 1 aliphatic rings. The van der Waals surface area contributed by atoms with Crippen LogP contribution < -0.4 is 33.2 Å². The van der Waals surface area contributed by atoms with Crippen LogP contribution in [-0.4, -0.2) is 99.0 Å². The third-order valence-corrected chi connectivity index (χ3v) is 10.8. The average Bonchev–Trinajstić information content (AvgIpc) is 3.97. The SMILES string of the molecule is C[C@@H](C(=O)NCC[C@@H](Cc1c[nH]c2ccccc12)C(=O)N[C@H](Cc1ccccc1)C(=O)C[C@@H](CCCCN)C(N)=O)N1C[C@@H](NC(=O)[C@@H](N)Cc2cnc[nH]2)CC1=O. The van der Waals surface area contributed by atoms with Gasteiger partial charge in [-0.05, 0) is 62.8 Å². The third-order valence-electron chi connectivity index (χ3n) is 10.8. The first-order valence-electron chi connectivity index (χ1n) is 19.9. The van der Waals surface area contributed by atoms with E-state index in [1.807, 2.05) is 60.8 Å². The summed E-state index contributed by atoms with van der Waals surface area (Å²) in [5.41, 5.74) is 20.8. The Hall–Kier alpha value is -5.87. The number of primary amides is 1. The Morgan fingerprint density at radius 2 is 1.67 bits per heavy atom. The molecule has 0 bridgehead atoms. The molecule has 58 heavy (non-hydrogen) atoms. The van der Waals surface area contributed by atoms with Crippen LogP contribution in [0.15, 0.2) is 73.3 Å². The number of carbonyl (C=O) groups is 6. The van der Waals surface area contributed by atoms with Crippen LogP contribution in [-0.2, 0) is 48.0 Å². The topological polar surface area (TPSA) is 264 Å². The molecule has 5 rings (SSSR count). The number of amides is 5. The average molecular weight is 797 g/mol. The van der Waals surface area contributed by atoms with Gasteiger partial charge in [-0.25, -0.2) is 4.98 Å². The van der Waals surface area contributed by atoms with Gasteiger partial charge in [-0.3, -0.25) is 28.8 Å². The molecular weight excluding hydrogens is 741 g/mol. The minimum absolute atomic E-state index is 0.0315. The largest absolute Gasteiger partial charge is 0.369 e. The van der Waals surface area contributed by atoms with E-state index >= 15 is 0 Å². The van der Waals surface area contributed by atoms with Crippen molar-refractivity contribution < 1.29 is 28.8 Å². The zero-order valence-electron chi connectivity index (χ0n) is 33.0. The molecule has 4 aromatic rings. The number of nitrogens with two attached hydrogens (primary N) is 3. The number of hydrogen-bond donors (Lipinski definition) is 8. The number of rotatable bonds is 23. The van der Waals surface area contributed by atoms with Gasteiger partial charge in [0.05, 0.1) is 24.5 Å². The smallest absolute Gasteiger partial charge is 0.242 e. The van der Waals surface area contributed by atoms with Crippen molar-refractivity contribution in [2.45, 2.75) is 88.9 Å². The van der Waals surface area contributed by atoms with Gasteiger partial charge in [0.15, 0.2) is 5.78 Å². The maximum atomic E-state index is 14.3. The fourth-order valence-electron chi connectivity index (χ4n) is 7.44. The summed E-state index contributed by atoms with van der Waals surface area (Å²) >= 11 is 0. The van der Waals surface area contributed by atoms with Crippen molar-refractivity contribution in [2.24, 2.45) is 29.0 Å². The van der Waals surface area contributed by atoms with Crippen molar-refractivity contribution in [3.05, 3.63) is 90.1 Å². The fourth-order valence-corrected chi connectivity index (χ4v) is 7.44. The number of carbonyl (C=O) groups excluding carboxylic acids is 6.